The second-order valence-electron chi connectivity index (χ2n) is 6.78. The van der Waals surface area contributed by atoms with E-state index in [0.717, 1.165) is 16.9 Å². The number of aryl methyl sites for hydroxylation is 2. The first kappa shape index (κ1) is 19.5. The van der Waals surface area contributed by atoms with E-state index in [9.17, 15) is 9.59 Å². The number of rotatable bonds is 5. The van der Waals surface area contributed by atoms with Crippen molar-refractivity contribution in [3.8, 4) is 0 Å². The maximum atomic E-state index is 12.6. The van der Waals surface area contributed by atoms with Gasteiger partial charge in [-0.15, -0.1) is 11.8 Å². The summed E-state index contributed by atoms with van der Waals surface area (Å²) >= 11 is 1.58. The molecule has 5 heteroatoms. The number of piperazine rings is 1. The van der Waals surface area contributed by atoms with E-state index in [4.69, 9.17) is 0 Å². The van der Waals surface area contributed by atoms with Crippen molar-refractivity contribution in [2.24, 2.45) is 0 Å². The fourth-order valence-electron chi connectivity index (χ4n) is 3.17. The number of benzene rings is 2. The minimum atomic E-state index is 0.0547. The molecule has 0 atom stereocenters. The predicted molar refractivity (Wildman–Crippen MR) is 110 cm³/mol. The average Bonchev–Trinajstić information content (AvgIpc) is 2.72. The molecule has 1 aliphatic heterocycles. The monoisotopic (exact) mass is 382 g/mol. The van der Waals surface area contributed by atoms with Gasteiger partial charge in [-0.25, -0.2) is 0 Å². The fraction of sp³-hybridized carbons (Fsp3) is 0.364. The molecule has 2 amide bonds. The largest absolute Gasteiger partial charge is 0.338 e. The minimum Gasteiger partial charge on any atom is -0.338 e. The van der Waals surface area contributed by atoms with Crippen molar-refractivity contribution < 1.29 is 9.59 Å². The fourth-order valence-corrected chi connectivity index (χ4v) is 4.11. The molecule has 3 rings (SSSR count). The molecule has 0 radical (unpaired) electrons. The zero-order valence-corrected chi connectivity index (χ0v) is 16.8. The topological polar surface area (TPSA) is 40.6 Å². The molecule has 0 aliphatic carbocycles. The second-order valence-corrected chi connectivity index (χ2v) is 7.79. The summed E-state index contributed by atoms with van der Waals surface area (Å²) in [6, 6.07) is 15.9. The lowest BCUT2D eigenvalue weighted by atomic mass is 10.1. The summed E-state index contributed by atoms with van der Waals surface area (Å²) in [6.45, 7) is 6.55. The molecular formula is C22H26N2O2S. The van der Waals surface area contributed by atoms with E-state index in [2.05, 4.69) is 19.9 Å². The van der Waals surface area contributed by atoms with E-state index in [1.54, 1.807) is 11.8 Å². The molecule has 2 aromatic carbocycles. The summed E-state index contributed by atoms with van der Waals surface area (Å²) < 4.78 is 0. The maximum absolute atomic E-state index is 12.6. The molecule has 27 heavy (non-hydrogen) atoms. The first-order valence-corrected chi connectivity index (χ1v) is 10.4. The quantitative estimate of drug-likeness (QED) is 0.742. The van der Waals surface area contributed by atoms with Gasteiger partial charge in [-0.1, -0.05) is 37.3 Å². The van der Waals surface area contributed by atoms with Crippen molar-refractivity contribution in [2.45, 2.75) is 25.2 Å². The molecule has 0 bridgehead atoms. The van der Waals surface area contributed by atoms with Gasteiger partial charge in [-0.2, -0.15) is 0 Å². The van der Waals surface area contributed by atoms with Crippen LogP contribution in [0.5, 0.6) is 0 Å². The standard InChI is InChI=1S/C22H26N2O2S/c1-3-18-8-10-19(11-9-18)22(26)24-14-12-23(13-15-24)21(25)16-27-20-7-5-4-6-17(20)2/h4-11H,3,12-16H2,1-2H3. The lowest BCUT2D eigenvalue weighted by Gasteiger charge is -2.34. The molecule has 0 saturated carbocycles. The third-order valence-electron chi connectivity index (χ3n) is 4.97. The number of hydrogen-bond donors (Lipinski definition) is 0. The normalized spacial score (nSPS) is 14.3. The lowest BCUT2D eigenvalue weighted by molar-refractivity contribution is -0.129. The molecule has 1 aliphatic rings. The van der Waals surface area contributed by atoms with Gasteiger partial charge < -0.3 is 9.80 Å². The molecule has 0 N–H and O–H groups in total. The SMILES string of the molecule is CCc1ccc(C(=O)N2CCN(C(=O)CSc3ccccc3C)CC2)cc1. The summed E-state index contributed by atoms with van der Waals surface area (Å²) in [4.78, 5) is 30.0. The summed E-state index contributed by atoms with van der Waals surface area (Å²) in [5.41, 5.74) is 3.15. The van der Waals surface area contributed by atoms with Gasteiger partial charge in [-0.3, -0.25) is 9.59 Å². The third-order valence-corrected chi connectivity index (χ3v) is 6.13. The Morgan fingerprint density at radius 3 is 2.19 bits per heavy atom. The number of nitrogens with zero attached hydrogens (tertiary/aromatic N) is 2. The van der Waals surface area contributed by atoms with Crippen LogP contribution in [0.4, 0.5) is 0 Å². The highest BCUT2D eigenvalue weighted by Crippen LogP contribution is 2.22. The minimum absolute atomic E-state index is 0.0547. The van der Waals surface area contributed by atoms with Gasteiger partial charge in [0.25, 0.3) is 5.91 Å². The van der Waals surface area contributed by atoms with Crippen LogP contribution in [0.15, 0.2) is 53.4 Å². The second kappa shape index (κ2) is 9.09. The van der Waals surface area contributed by atoms with Crippen molar-refractivity contribution in [3.05, 3.63) is 65.2 Å². The first-order chi connectivity index (χ1) is 13.1. The highest BCUT2D eigenvalue weighted by atomic mass is 32.2. The van der Waals surface area contributed by atoms with Crippen molar-refractivity contribution in [2.75, 3.05) is 31.9 Å². The van der Waals surface area contributed by atoms with Crippen LogP contribution in [0.3, 0.4) is 0 Å². The van der Waals surface area contributed by atoms with Gasteiger partial charge in [0.15, 0.2) is 0 Å². The van der Waals surface area contributed by atoms with Crippen LogP contribution in [-0.2, 0) is 11.2 Å². The van der Waals surface area contributed by atoms with E-state index in [1.165, 1.54) is 11.1 Å². The third kappa shape index (κ3) is 4.92. The number of thioether (sulfide) groups is 1. The summed E-state index contributed by atoms with van der Waals surface area (Å²) in [7, 11) is 0. The number of carbonyl (C=O) groups excluding carboxylic acids is 2. The number of carbonyl (C=O) groups is 2. The molecule has 1 heterocycles. The van der Waals surface area contributed by atoms with Gasteiger partial charge in [0, 0.05) is 36.6 Å². The Labute approximate surface area is 165 Å². The Kier molecular flexibility index (Phi) is 6.56. The summed E-state index contributed by atoms with van der Waals surface area (Å²) in [5.74, 6) is 0.638. The van der Waals surface area contributed by atoms with Gasteiger partial charge in [0.1, 0.15) is 0 Å². The van der Waals surface area contributed by atoms with Crippen molar-refractivity contribution >= 4 is 23.6 Å². The molecule has 1 fully saturated rings. The van der Waals surface area contributed by atoms with Crippen LogP contribution in [0.2, 0.25) is 0 Å². The van der Waals surface area contributed by atoms with Crippen LogP contribution >= 0.6 is 11.8 Å². The van der Waals surface area contributed by atoms with E-state index in [1.807, 2.05) is 52.3 Å². The number of amides is 2. The molecule has 0 aromatic heterocycles. The predicted octanol–water partition coefficient (Wildman–Crippen LogP) is 3.63. The van der Waals surface area contributed by atoms with Crippen molar-refractivity contribution in [1.82, 2.24) is 9.80 Å². The Bertz CT molecular complexity index is 796. The Morgan fingerprint density at radius 2 is 1.56 bits per heavy atom. The van der Waals surface area contributed by atoms with Crippen LogP contribution in [0.1, 0.15) is 28.4 Å². The molecule has 1 saturated heterocycles. The highest BCUT2D eigenvalue weighted by Gasteiger charge is 2.24. The van der Waals surface area contributed by atoms with E-state index in [-0.39, 0.29) is 11.8 Å². The molecule has 4 nitrogen and oxygen atoms in total. The molecule has 142 valence electrons. The first-order valence-electron chi connectivity index (χ1n) is 9.43. The Balaban J connectivity index is 1.49. The molecule has 0 spiro atoms. The lowest BCUT2D eigenvalue weighted by Crippen LogP contribution is -2.51. The Hall–Kier alpha value is -2.27. The summed E-state index contributed by atoms with van der Waals surface area (Å²) in [6.07, 6.45) is 0.968. The zero-order chi connectivity index (χ0) is 19.2. The maximum Gasteiger partial charge on any atom is 0.253 e. The number of hydrogen-bond acceptors (Lipinski definition) is 3. The van der Waals surface area contributed by atoms with E-state index in [0.29, 0.717) is 31.9 Å². The van der Waals surface area contributed by atoms with Crippen molar-refractivity contribution in [3.63, 3.8) is 0 Å². The molecule has 2 aromatic rings. The highest BCUT2D eigenvalue weighted by molar-refractivity contribution is 8.00. The van der Waals surface area contributed by atoms with Crippen LogP contribution in [0.25, 0.3) is 0 Å². The zero-order valence-electron chi connectivity index (χ0n) is 16.0. The Morgan fingerprint density at radius 1 is 0.926 bits per heavy atom. The van der Waals surface area contributed by atoms with Crippen molar-refractivity contribution in [1.29, 1.82) is 0 Å². The van der Waals surface area contributed by atoms with Crippen LogP contribution in [-0.4, -0.2) is 53.5 Å². The molecule has 0 unspecified atom stereocenters. The van der Waals surface area contributed by atoms with E-state index < -0.39 is 0 Å². The van der Waals surface area contributed by atoms with Gasteiger partial charge in [-0.05, 0) is 42.7 Å². The smallest absolute Gasteiger partial charge is 0.253 e. The molecular weight excluding hydrogens is 356 g/mol. The van der Waals surface area contributed by atoms with Crippen LogP contribution < -0.4 is 0 Å². The average molecular weight is 383 g/mol. The van der Waals surface area contributed by atoms with Gasteiger partial charge in [0.05, 0.1) is 5.75 Å². The van der Waals surface area contributed by atoms with Crippen LogP contribution in [0, 0.1) is 6.92 Å². The van der Waals surface area contributed by atoms with Gasteiger partial charge in [0.2, 0.25) is 5.91 Å². The summed E-state index contributed by atoms with van der Waals surface area (Å²) in [5, 5.41) is 0. The van der Waals surface area contributed by atoms with E-state index >= 15 is 0 Å². The van der Waals surface area contributed by atoms with Gasteiger partial charge >= 0.3 is 0 Å².